The number of nitrogens with two attached hydrogens (primary N) is 1. The van der Waals surface area contributed by atoms with Gasteiger partial charge in [0.25, 0.3) is 0 Å². The molecule has 3 N–H and O–H groups in total. The van der Waals surface area contributed by atoms with Crippen molar-refractivity contribution >= 4 is 10.4 Å². The smallest absolute Gasteiger partial charge is 0.395 e. The van der Waals surface area contributed by atoms with E-state index in [1.54, 1.807) is 6.92 Å². The molecule has 0 spiro atoms. The molecule has 0 saturated heterocycles. The second kappa shape index (κ2) is 19.8. The van der Waals surface area contributed by atoms with Crippen molar-refractivity contribution in [3.05, 3.63) is 0 Å². The zero-order valence-corrected chi connectivity index (χ0v) is 15.8. The van der Waals surface area contributed by atoms with Crippen molar-refractivity contribution in [2.24, 2.45) is 5.73 Å². The minimum atomic E-state index is -3.74. The molecule has 0 aromatic rings. The van der Waals surface area contributed by atoms with Crippen LogP contribution in [0.25, 0.3) is 0 Å². The van der Waals surface area contributed by atoms with Crippen LogP contribution in [0.2, 0.25) is 0 Å². The third-order valence-electron chi connectivity index (χ3n) is 3.12. The predicted molar refractivity (Wildman–Crippen MR) is 94.5 cm³/mol. The van der Waals surface area contributed by atoms with Crippen LogP contribution in [0.1, 0.15) is 78.1 Å². The van der Waals surface area contributed by atoms with Gasteiger partial charge in [0.05, 0.1) is 19.8 Å². The highest BCUT2D eigenvalue weighted by atomic mass is 32.3. The Balaban J connectivity index is 0. The van der Waals surface area contributed by atoms with Gasteiger partial charge in [-0.3, -0.25) is 0 Å². The van der Waals surface area contributed by atoms with E-state index in [1.807, 2.05) is 0 Å². The molecule has 0 atom stereocenters. The van der Waals surface area contributed by atoms with Crippen molar-refractivity contribution in [2.75, 3.05) is 26.4 Å². The van der Waals surface area contributed by atoms with Crippen molar-refractivity contribution in [1.29, 1.82) is 0 Å². The van der Waals surface area contributed by atoms with Gasteiger partial charge < -0.3 is 10.8 Å². The summed E-state index contributed by atoms with van der Waals surface area (Å²) in [6.45, 7) is 4.69. The van der Waals surface area contributed by atoms with Gasteiger partial charge in [0.1, 0.15) is 0 Å². The van der Waals surface area contributed by atoms with Crippen LogP contribution in [0.15, 0.2) is 0 Å². The van der Waals surface area contributed by atoms with Gasteiger partial charge in [-0.05, 0) is 13.3 Å². The van der Waals surface area contributed by atoms with Crippen LogP contribution in [0.5, 0.6) is 0 Å². The average Bonchev–Trinajstić information content (AvgIpc) is 2.52. The molecule has 7 heteroatoms. The van der Waals surface area contributed by atoms with Crippen molar-refractivity contribution < 1.29 is 21.9 Å². The maximum absolute atomic E-state index is 11.0. The lowest BCUT2D eigenvalue weighted by Gasteiger charge is -2.04. The molecule has 0 rings (SSSR count). The summed E-state index contributed by atoms with van der Waals surface area (Å²) < 4.78 is 31.3. The number of rotatable bonds is 15. The molecule has 23 heavy (non-hydrogen) atoms. The molecule has 0 aliphatic rings. The summed E-state index contributed by atoms with van der Waals surface area (Å²) in [5, 5.41) is 7.75. The molecule has 0 aromatic heterocycles. The Morgan fingerprint density at radius 1 is 0.826 bits per heavy atom. The van der Waals surface area contributed by atoms with E-state index < -0.39 is 10.4 Å². The fraction of sp³-hybridized carbons (Fsp3) is 1.00. The molecule has 0 bridgehead atoms. The van der Waals surface area contributed by atoms with E-state index in [4.69, 9.17) is 15.0 Å². The molecule has 6 nitrogen and oxygen atoms in total. The Labute approximate surface area is 143 Å². The van der Waals surface area contributed by atoms with Gasteiger partial charge >= 0.3 is 10.4 Å². The van der Waals surface area contributed by atoms with Gasteiger partial charge in [-0.1, -0.05) is 64.7 Å². The quantitative estimate of drug-likeness (QED) is 0.438. The Morgan fingerprint density at radius 3 is 1.65 bits per heavy atom. The number of hydrogen-bond donors (Lipinski definition) is 2. The molecule has 0 aliphatic carbocycles. The highest BCUT2D eigenvalue weighted by Gasteiger charge is 2.09. The van der Waals surface area contributed by atoms with Crippen LogP contribution in [0, 0.1) is 0 Å². The second-order valence-corrected chi connectivity index (χ2v) is 6.62. The standard InChI is InChI=1S/C14H30O4S.C2H7NO/c1-3-5-6-7-8-9-10-11-12-13-14-18-19(15,16)17-4-2;3-1-2-4/h3-14H2,1-2H3;4H,1-3H2. The maximum Gasteiger partial charge on any atom is 0.399 e. The minimum absolute atomic E-state index is 0.0972. The van der Waals surface area contributed by atoms with Crippen molar-refractivity contribution in [2.45, 2.75) is 78.1 Å². The zero-order chi connectivity index (χ0) is 17.8. The van der Waals surface area contributed by atoms with Gasteiger partial charge in [-0.25, -0.2) is 8.37 Å². The molecule has 0 aromatic carbocycles. The molecule has 0 unspecified atom stereocenters. The first-order chi connectivity index (χ1) is 11.0. The van der Waals surface area contributed by atoms with Crippen LogP contribution in [-0.4, -0.2) is 39.9 Å². The van der Waals surface area contributed by atoms with Gasteiger partial charge in [0.15, 0.2) is 0 Å². The summed E-state index contributed by atoms with van der Waals surface area (Å²) >= 11 is 0. The average molecular weight is 356 g/mol. The largest absolute Gasteiger partial charge is 0.399 e. The van der Waals surface area contributed by atoms with E-state index >= 15 is 0 Å². The number of hydrogen-bond acceptors (Lipinski definition) is 6. The van der Waals surface area contributed by atoms with Crippen molar-refractivity contribution in [3.63, 3.8) is 0 Å². The first-order valence-electron chi connectivity index (χ1n) is 8.88. The second-order valence-electron chi connectivity index (χ2n) is 5.33. The minimum Gasteiger partial charge on any atom is -0.395 e. The van der Waals surface area contributed by atoms with Crippen LogP contribution < -0.4 is 5.73 Å². The summed E-state index contributed by atoms with van der Waals surface area (Å²) in [4.78, 5) is 0. The number of aliphatic hydroxyl groups is 1. The molecular formula is C16H37NO5S. The predicted octanol–water partition coefficient (Wildman–Crippen LogP) is 3.14. The fourth-order valence-electron chi connectivity index (χ4n) is 1.93. The van der Waals surface area contributed by atoms with Crippen molar-refractivity contribution in [1.82, 2.24) is 0 Å². The summed E-state index contributed by atoms with van der Waals surface area (Å²) in [7, 11) is -3.74. The Bertz CT molecular complexity index is 308. The Kier molecular flexibility index (Phi) is 21.6. The normalized spacial score (nSPS) is 11.1. The van der Waals surface area contributed by atoms with E-state index in [0.29, 0.717) is 6.54 Å². The van der Waals surface area contributed by atoms with E-state index in [1.165, 1.54) is 44.9 Å². The van der Waals surface area contributed by atoms with Gasteiger partial charge in [0, 0.05) is 6.54 Å². The molecule has 0 radical (unpaired) electrons. The fourth-order valence-corrected chi connectivity index (χ4v) is 2.61. The van der Waals surface area contributed by atoms with Crippen molar-refractivity contribution in [3.8, 4) is 0 Å². The zero-order valence-electron chi connectivity index (χ0n) is 15.0. The number of aliphatic hydroxyl groups excluding tert-OH is 1. The third-order valence-corrected chi connectivity index (χ3v) is 4.10. The van der Waals surface area contributed by atoms with E-state index in [9.17, 15) is 8.42 Å². The summed E-state index contributed by atoms with van der Waals surface area (Å²) in [6, 6.07) is 0. The van der Waals surface area contributed by atoms with Crippen LogP contribution in [-0.2, 0) is 18.8 Å². The maximum atomic E-state index is 11.0. The molecule has 142 valence electrons. The molecule has 0 saturated carbocycles. The lowest BCUT2D eigenvalue weighted by atomic mass is 10.1. The Hall–Kier alpha value is -0.210. The van der Waals surface area contributed by atoms with Crippen LogP contribution in [0.4, 0.5) is 0 Å². The number of unbranched alkanes of at least 4 members (excludes halogenated alkanes) is 9. The van der Waals surface area contributed by atoms with Gasteiger partial charge in [-0.2, -0.15) is 8.42 Å². The summed E-state index contributed by atoms with van der Waals surface area (Å²) in [5.74, 6) is 0. The molecular weight excluding hydrogens is 318 g/mol. The SMILES string of the molecule is CCCCCCCCCCCCOS(=O)(=O)OCC.NCCO. The van der Waals surface area contributed by atoms with Crippen LogP contribution >= 0.6 is 0 Å². The lowest BCUT2D eigenvalue weighted by Crippen LogP contribution is -2.10. The van der Waals surface area contributed by atoms with Gasteiger partial charge in [0.2, 0.25) is 0 Å². The first kappa shape index (κ1) is 25.0. The van der Waals surface area contributed by atoms with Crippen LogP contribution in [0.3, 0.4) is 0 Å². The highest BCUT2D eigenvalue weighted by molar-refractivity contribution is 7.81. The Morgan fingerprint density at radius 2 is 1.26 bits per heavy atom. The third kappa shape index (κ3) is 24.2. The summed E-state index contributed by atoms with van der Waals surface area (Å²) in [6.07, 6.45) is 12.2. The topological polar surface area (TPSA) is 98.9 Å². The highest BCUT2D eigenvalue weighted by Crippen LogP contribution is 2.10. The lowest BCUT2D eigenvalue weighted by molar-refractivity contribution is 0.218. The van der Waals surface area contributed by atoms with E-state index in [-0.39, 0.29) is 19.8 Å². The summed E-state index contributed by atoms with van der Waals surface area (Å²) in [5.41, 5.74) is 4.78. The molecule has 0 aliphatic heterocycles. The van der Waals surface area contributed by atoms with Gasteiger partial charge in [-0.15, -0.1) is 0 Å². The van der Waals surface area contributed by atoms with E-state index in [0.717, 1.165) is 19.3 Å². The molecule has 0 heterocycles. The molecule has 0 amide bonds. The monoisotopic (exact) mass is 355 g/mol. The molecule has 0 fully saturated rings. The first-order valence-corrected chi connectivity index (χ1v) is 10.2. The van der Waals surface area contributed by atoms with E-state index in [2.05, 4.69) is 11.1 Å².